The van der Waals surface area contributed by atoms with Gasteiger partial charge in [0.05, 0.1) is 18.2 Å². The standard InChI is InChI=1S/C27H25FN2O3/c1-16-13-24-27(17(2)26(16)18-9-11-29-12-10-18)21(20-5-3-4-6-22(20)28)14-23(30-24)25(33)8-7-19(32)15-31/h3-6,9-14,19,31-32H,7-8,15H2,1-2H3/t19-/m0/s1. The number of carbonyl (C=O) groups excluding carboxylic acids is 1. The van der Waals surface area contributed by atoms with E-state index in [1.54, 1.807) is 36.7 Å². The Bertz CT molecular complexity index is 1320. The van der Waals surface area contributed by atoms with Crippen molar-refractivity contribution in [3.8, 4) is 22.3 Å². The summed E-state index contributed by atoms with van der Waals surface area (Å²) >= 11 is 0. The molecule has 4 rings (SSSR count). The lowest BCUT2D eigenvalue weighted by molar-refractivity contribution is 0.0777. The number of fused-ring (bicyclic) bond motifs is 1. The number of halogens is 1. The Kier molecular flexibility index (Phi) is 6.58. The predicted octanol–water partition coefficient (Wildman–Crippen LogP) is 5.04. The first-order valence-corrected chi connectivity index (χ1v) is 10.8. The van der Waals surface area contributed by atoms with Gasteiger partial charge < -0.3 is 10.2 Å². The SMILES string of the molecule is Cc1cc2nc(C(=O)CC[C@H](O)CO)cc(-c3ccccc3F)c2c(C)c1-c1ccncc1. The van der Waals surface area contributed by atoms with E-state index >= 15 is 0 Å². The molecule has 33 heavy (non-hydrogen) atoms. The van der Waals surface area contributed by atoms with E-state index in [0.29, 0.717) is 16.6 Å². The van der Waals surface area contributed by atoms with Crippen LogP contribution in [0.5, 0.6) is 0 Å². The predicted molar refractivity (Wildman–Crippen MR) is 126 cm³/mol. The summed E-state index contributed by atoms with van der Waals surface area (Å²) in [5.41, 5.74) is 5.75. The van der Waals surface area contributed by atoms with Crippen LogP contribution in [0.1, 0.15) is 34.5 Å². The molecule has 0 aliphatic heterocycles. The van der Waals surface area contributed by atoms with Crippen LogP contribution >= 0.6 is 0 Å². The zero-order chi connectivity index (χ0) is 23.5. The lowest BCUT2D eigenvalue weighted by Crippen LogP contribution is -2.14. The van der Waals surface area contributed by atoms with E-state index < -0.39 is 12.7 Å². The molecule has 0 bridgehead atoms. The van der Waals surface area contributed by atoms with Crippen molar-refractivity contribution < 1.29 is 19.4 Å². The number of Topliss-reactive ketones (excluding diaryl/α,β-unsaturated/α-hetero) is 1. The molecule has 168 valence electrons. The van der Waals surface area contributed by atoms with Gasteiger partial charge in [-0.2, -0.15) is 0 Å². The molecule has 0 saturated carbocycles. The van der Waals surface area contributed by atoms with Gasteiger partial charge in [0, 0.05) is 29.8 Å². The van der Waals surface area contributed by atoms with E-state index in [9.17, 15) is 14.3 Å². The molecule has 2 aromatic heterocycles. The van der Waals surface area contributed by atoms with Crippen molar-refractivity contribution in [1.29, 1.82) is 0 Å². The minimum absolute atomic E-state index is 0.0318. The number of aliphatic hydroxyl groups is 2. The molecule has 0 fully saturated rings. The summed E-state index contributed by atoms with van der Waals surface area (Å²) in [5.74, 6) is -0.653. The van der Waals surface area contributed by atoms with Crippen molar-refractivity contribution in [1.82, 2.24) is 9.97 Å². The molecule has 2 N–H and O–H groups in total. The highest BCUT2D eigenvalue weighted by Gasteiger charge is 2.20. The van der Waals surface area contributed by atoms with Crippen LogP contribution in [0.4, 0.5) is 4.39 Å². The lowest BCUT2D eigenvalue weighted by Gasteiger charge is -2.18. The molecule has 6 heteroatoms. The molecule has 2 heterocycles. The Labute approximate surface area is 191 Å². The number of aryl methyl sites for hydroxylation is 2. The molecular weight excluding hydrogens is 419 g/mol. The number of carbonyl (C=O) groups is 1. The summed E-state index contributed by atoms with van der Waals surface area (Å²) in [4.78, 5) is 21.6. The van der Waals surface area contributed by atoms with Crippen molar-refractivity contribution in [2.75, 3.05) is 6.61 Å². The van der Waals surface area contributed by atoms with E-state index in [4.69, 9.17) is 5.11 Å². The molecule has 0 unspecified atom stereocenters. The normalized spacial score (nSPS) is 12.2. The Morgan fingerprint density at radius 2 is 1.79 bits per heavy atom. The smallest absolute Gasteiger partial charge is 0.181 e. The molecule has 0 spiro atoms. The van der Waals surface area contributed by atoms with E-state index in [0.717, 1.165) is 27.6 Å². The topological polar surface area (TPSA) is 83.3 Å². The minimum atomic E-state index is -0.965. The fraction of sp³-hybridized carbons (Fsp3) is 0.222. The van der Waals surface area contributed by atoms with Crippen LogP contribution in [0.3, 0.4) is 0 Å². The van der Waals surface area contributed by atoms with Gasteiger partial charge in [-0.25, -0.2) is 9.37 Å². The molecule has 1 atom stereocenters. The van der Waals surface area contributed by atoms with Crippen LogP contribution in [0, 0.1) is 19.7 Å². The van der Waals surface area contributed by atoms with Crippen LogP contribution in [0.2, 0.25) is 0 Å². The monoisotopic (exact) mass is 444 g/mol. The van der Waals surface area contributed by atoms with Crippen molar-refractivity contribution in [2.24, 2.45) is 0 Å². The maximum atomic E-state index is 14.9. The van der Waals surface area contributed by atoms with Crippen molar-refractivity contribution in [2.45, 2.75) is 32.8 Å². The Morgan fingerprint density at radius 1 is 1.06 bits per heavy atom. The van der Waals surface area contributed by atoms with Crippen LogP contribution in [-0.4, -0.2) is 38.7 Å². The Balaban J connectivity index is 1.97. The fourth-order valence-electron chi connectivity index (χ4n) is 4.28. The van der Waals surface area contributed by atoms with Gasteiger partial charge in [-0.15, -0.1) is 0 Å². The number of aromatic nitrogens is 2. The lowest BCUT2D eigenvalue weighted by atomic mass is 9.88. The number of pyridine rings is 2. The van der Waals surface area contributed by atoms with Gasteiger partial charge in [-0.05, 0) is 78.4 Å². The maximum Gasteiger partial charge on any atom is 0.181 e. The Morgan fingerprint density at radius 3 is 2.48 bits per heavy atom. The van der Waals surface area contributed by atoms with Crippen molar-refractivity contribution in [3.05, 3.63) is 83.6 Å². The van der Waals surface area contributed by atoms with Crippen molar-refractivity contribution >= 4 is 16.7 Å². The van der Waals surface area contributed by atoms with Crippen LogP contribution in [-0.2, 0) is 0 Å². The molecule has 4 aromatic rings. The molecule has 0 radical (unpaired) electrons. The number of hydrogen-bond donors (Lipinski definition) is 2. The number of aliphatic hydroxyl groups excluding tert-OH is 2. The summed E-state index contributed by atoms with van der Waals surface area (Å²) in [6.07, 6.45) is 2.66. The highest BCUT2D eigenvalue weighted by Crippen LogP contribution is 2.38. The quantitative estimate of drug-likeness (QED) is 0.391. The third-order valence-electron chi connectivity index (χ3n) is 5.88. The van der Waals surface area contributed by atoms with Gasteiger partial charge in [0.1, 0.15) is 11.5 Å². The Hall–Kier alpha value is -3.48. The average molecular weight is 445 g/mol. The summed E-state index contributed by atoms with van der Waals surface area (Å²) in [6.45, 7) is 3.56. The first-order valence-electron chi connectivity index (χ1n) is 10.8. The minimum Gasteiger partial charge on any atom is -0.394 e. The van der Waals surface area contributed by atoms with E-state index in [-0.39, 0.29) is 30.1 Å². The van der Waals surface area contributed by atoms with Crippen LogP contribution in [0.15, 0.2) is 60.9 Å². The summed E-state index contributed by atoms with van der Waals surface area (Å²) in [7, 11) is 0. The molecular formula is C27H25FN2O3. The van der Waals surface area contributed by atoms with Gasteiger partial charge in [-0.1, -0.05) is 18.2 Å². The average Bonchev–Trinajstić information content (AvgIpc) is 2.82. The number of benzene rings is 2. The largest absolute Gasteiger partial charge is 0.394 e. The zero-order valence-electron chi connectivity index (χ0n) is 18.5. The van der Waals surface area contributed by atoms with Crippen molar-refractivity contribution in [3.63, 3.8) is 0 Å². The van der Waals surface area contributed by atoms with Crippen LogP contribution < -0.4 is 0 Å². The van der Waals surface area contributed by atoms with E-state index in [2.05, 4.69) is 9.97 Å². The summed E-state index contributed by atoms with van der Waals surface area (Å²) in [6, 6.07) is 13.9. The zero-order valence-corrected chi connectivity index (χ0v) is 18.5. The van der Waals surface area contributed by atoms with Gasteiger partial charge in [0.25, 0.3) is 0 Å². The van der Waals surface area contributed by atoms with Gasteiger partial charge in [0.2, 0.25) is 0 Å². The van der Waals surface area contributed by atoms with E-state index in [1.165, 1.54) is 6.07 Å². The third-order valence-corrected chi connectivity index (χ3v) is 5.88. The second-order valence-corrected chi connectivity index (χ2v) is 8.16. The molecule has 0 amide bonds. The second-order valence-electron chi connectivity index (χ2n) is 8.16. The molecule has 0 aliphatic carbocycles. The summed E-state index contributed by atoms with van der Waals surface area (Å²) in [5, 5.41) is 19.5. The van der Waals surface area contributed by atoms with Crippen LogP contribution in [0.25, 0.3) is 33.2 Å². The number of rotatable bonds is 7. The van der Waals surface area contributed by atoms with Gasteiger partial charge in [-0.3, -0.25) is 9.78 Å². The molecule has 2 aromatic carbocycles. The summed E-state index contributed by atoms with van der Waals surface area (Å²) < 4.78 is 14.9. The molecule has 0 aliphatic rings. The molecule has 0 saturated heterocycles. The number of hydrogen-bond acceptors (Lipinski definition) is 5. The maximum absolute atomic E-state index is 14.9. The number of nitrogens with zero attached hydrogens (tertiary/aromatic N) is 2. The van der Waals surface area contributed by atoms with Gasteiger partial charge in [0.15, 0.2) is 5.78 Å². The second kappa shape index (κ2) is 9.57. The first-order chi connectivity index (χ1) is 15.9. The van der Waals surface area contributed by atoms with Gasteiger partial charge >= 0.3 is 0 Å². The highest BCUT2D eigenvalue weighted by atomic mass is 19.1. The third kappa shape index (κ3) is 4.53. The number of ketones is 1. The molecule has 5 nitrogen and oxygen atoms in total. The fourth-order valence-corrected chi connectivity index (χ4v) is 4.28. The first kappa shape index (κ1) is 22.7. The van der Waals surface area contributed by atoms with E-state index in [1.807, 2.05) is 32.0 Å². The highest BCUT2D eigenvalue weighted by molar-refractivity contribution is 6.05.